The molecule has 1 spiro atoms. The van der Waals surface area contributed by atoms with Crippen molar-refractivity contribution in [2.45, 2.75) is 37.8 Å². The molecular weight excluding hydrogens is 366 g/mol. The zero-order valence-corrected chi connectivity index (χ0v) is 16.3. The van der Waals surface area contributed by atoms with Gasteiger partial charge in [0.1, 0.15) is 5.75 Å². The van der Waals surface area contributed by atoms with Crippen molar-refractivity contribution in [3.05, 3.63) is 41.6 Å². The van der Waals surface area contributed by atoms with Crippen molar-refractivity contribution in [3.63, 3.8) is 0 Å². The fourth-order valence-electron chi connectivity index (χ4n) is 5.64. The number of aryl methyl sites for hydroxylation is 1. The number of rotatable bonds is 3. The lowest BCUT2D eigenvalue weighted by molar-refractivity contribution is -0.0676. The molecule has 148 valence electrons. The van der Waals surface area contributed by atoms with Crippen LogP contribution in [0.3, 0.4) is 0 Å². The van der Waals surface area contributed by atoms with Crippen LogP contribution in [0.1, 0.15) is 35.3 Å². The summed E-state index contributed by atoms with van der Waals surface area (Å²) in [6.07, 6.45) is 3.75. The Morgan fingerprint density at radius 2 is 2.14 bits per heavy atom. The van der Waals surface area contributed by atoms with Crippen molar-refractivity contribution in [3.8, 4) is 17.0 Å². The Hall–Kier alpha value is -2.93. The lowest BCUT2D eigenvalue weighted by Crippen LogP contribution is -2.64. The predicted molar refractivity (Wildman–Crippen MR) is 109 cm³/mol. The SMILES string of the molecule is Cc1[nH]nc2nc(-c3ccc(O)cc3)cc(C(=O)N[C@H]3CN4CCC45CC[C@@H]35)c12. The highest BCUT2D eigenvalue weighted by molar-refractivity contribution is 6.07. The van der Waals surface area contributed by atoms with Gasteiger partial charge in [-0.15, -0.1) is 0 Å². The van der Waals surface area contributed by atoms with Gasteiger partial charge in [-0.2, -0.15) is 5.10 Å². The molecule has 6 rings (SSSR count). The maximum atomic E-state index is 13.4. The molecule has 1 amide bonds. The van der Waals surface area contributed by atoms with E-state index in [0.717, 1.165) is 29.7 Å². The van der Waals surface area contributed by atoms with Crippen LogP contribution in [-0.2, 0) is 0 Å². The van der Waals surface area contributed by atoms with Gasteiger partial charge in [0, 0.05) is 35.9 Å². The monoisotopic (exact) mass is 389 g/mol. The summed E-state index contributed by atoms with van der Waals surface area (Å²) in [5.74, 6) is 0.722. The number of aromatic nitrogens is 3. The average Bonchev–Trinajstić information content (AvgIpc) is 3.10. The molecule has 3 aliphatic rings. The minimum atomic E-state index is -0.0588. The molecule has 3 atom stereocenters. The summed E-state index contributed by atoms with van der Waals surface area (Å²) in [7, 11) is 0. The summed E-state index contributed by atoms with van der Waals surface area (Å²) in [6.45, 7) is 4.03. The van der Waals surface area contributed by atoms with Crippen LogP contribution >= 0.6 is 0 Å². The van der Waals surface area contributed by atoms with Crippen molar-refractivity contribution in [2.24, 2.45) is 5.92 Å². The third-order valence-electron chi connectivity index (χ3n) is 7.35. The van der Waals surface area contributed by atoms with E-state index in [1.54, 1.807) is 24.3 Å². The van der Waals surface area contributed by atoms with Gasteiger partial charge in [0.05, 0.1) is 16.6 Å². The van der Waals surface area contributed by atoms with E-state index in [-0.39, 0.29) is 17.7 Å². The van der Waals surface area contributed by atoms with Gasteiger partial charge in [-0.3, -0.25) is 14.8 Å². The molecule has 3 N–H and O–H groups in total. The van der Waals surface area contributed by atoms with Gasteiger partial charge in [0.15, 0.2) is 5.65 Å². The normalized spacial score (nSPS) is 27.8. The number of amides is 1. The van der Waals surface area contributed by atoms with E-state index < -0.39 is 0 Å². The molecule has 3 aromatic rings. The number of carbonyl (C=O) groups excluding carboxylic acids is 1. The largest absolute Gasteiger partial charge is 0.508 e. The molecule has 1 aliphatic carbocycles. The first-order valence-electron chi connectivity index (χ1n) is 10.3. The van der Waals surface area contributed by atoms with Gasteiger partial charge in [-0.1, -0.05) is 0 Å². The Bertz CT molecular complexity index is 1130. The lowest BCUT2D eigenvalue weighted by atomic mass is 9.61. The van der Waals surface area contributed by atoms with Crippen LogP contribution in [-0.4, -0.2) is 55.8 Å². The third kappa shape index (κ3) is 2.31. The summed E-state index contributed by atoms with van der Waals surface area (Å²) in [5.41, 5.74) is 3.87. The maximum Gasteiger partial charge on any atom is 0.252 e. The Labute approximate surface area is 168 Å². The number of nitrogens with zero attached hydrogens (tertiary/aromatic N) is 3. The number of aromatic amines is 1. The third-order valence-corrected chi connectivity index (χ3v) is 7.35. The molecule has 0 radical (unpaired) electrons. The first-order chi connectivity index (χ1) is 14.0. The molecule has 29 heavy (non-hydrogen) atoms. The van der Waals surface area contributed by atoms with Gasteiger partial charge in [-0.05, 0) is 62.4 Å². The Morgan fingerprint density at radius 1 is 1.31 bits per heavy atom. The molecule has 2 saturated heterocycles. The lowest BCUT2D eigenvalue weighted by Gasteiger charge is -2.58. The second-order valence-corrected chi connectivity index (χ2v) is 8.67. The van der Waals surface area contributed by atoms with Crippen LogP contribution < -0.4 is 5.32 Å². The molecule has 1 unspecified atom stereocenters. The quantitative estimate of drug-likeness (QED) is 0.640. The molecule has 2 aliphatic heterocycles. The summed E-state index contributed by atoms with van der Waals surface area (Å²) in [5, 5.41) is 20.9. The van der Waals surface area contributed by atoms with Crippen LogP contribution in [0, 0.1) is 12.8 Å². The average molecular weight is 389 g/mol. The number of hydrogen-bond donors (Lipinski definition) is 3. The van der Waals surface area contributed by atoms with E-state index in [2.05, 4.69) is 25.4 Å². The predicted octanol–water partition coefficient (Wildman–Crippen LogP) is 2.61. The van der Waals surface area contributed by atoms with Crippen LogP contribution in [0.5, 0.6) is 5.75 Å². The highest BCUT2D eigenvalue weighted by atomic mass is 16.3. The number of aromatic hydroxyl groups is 1. The van der Waals surface area contributed by atoms with E-state index in [0.29, 0.717) is 28.4 Å². The summed E-state index contributed by atoms with van der Waals surface area (Å²) in [6, 6.07) is 8.89. The highest BCUT2D eigenvalue weighted by Crippen LogP contribution is 2.57. The van der Waals surface area contributed by atoms with Crippen LogP contribution in [0.4, 0.5) is 0 Å². The number of fused-ring (bicyclic) bond motifs is 1. The molecular formula is C22H23N5O2. The molecule has 4 heterocycles. The number of nitrogens with one attached hydrogen (secondary N) is 2. The van der Waals surface area contributed by atoms with E-state index in [1.807, 2.05) is 13.0 Å². The van der Waals surface area contributed by atoms with Crippen molar-refractivity contribution >= 4 is 16.9 Å². The summed E-state index contributed by atoms with van der Waals surface area (Å²) in [4.78, 5) is 20.6. The van der Waals surface area contributed by atoms with Crippen molar-refractivity contribution in [1.82, 2.24) is 25.4 Å². The van der Waals surface area contributed by atoms with E-state index in [9.17, 15) is 9.90 Å². The number of H-pyrrole nitrogens is 1. The number of hydrogen-bond acceptors (Lipinski definition) is 5. The molecule has 7 heteroatoms. The van der Waals surface area contributed by atoms with Gasteiger partial charge >= 0.3 is 0 Å². The first kappa shape index (κ1) is 17.0. The zero-order valence-electron chi connectivity index (χ0n) is 16.3. The van der Waals surface area contributed by atoms with E-state index in [1.165, 1.54) is 19.3 Å². The second kappa shape index (κ2) is 5.79. The van der Waals surface area contributed by atoms with Crippen LogP contribution in [0.2, 0.25) is 0 Å². The van der Waals surface area contributed by atoms with E-state index >= 15 is 0 Å². The fraction of sp³-hybridized carbons (Fsp3) is 0.409. The minimum absolute atomic E-state index is 0.0588. The molecule has 0 bridgehead atoms. The summed E-state index contributed by atoms with van der Waals surface area (Å²) >= 11 is 0. The van der Waals surface area contributed by atoms with Gasteiger partial charge < -0.3 is 10.4 Å². The molecule has 1 aromatic carbocycles. The second-order valence-electron chi connectivity index (χ2n) is 8.67. The highest BCUT2D eigenvalue weighted by Gasteiger charge is 2.63. The number of pyridine rings is 1. The Balaban J connectivity index is 1.37. The van der Waals surface area contributed by atoms with E-state index in [4.69, 9.17) is 0 Å². The van der Waals surface area contributed by atoms with Crippen molar-refractivity contribution in [2.75, 3.05) is 13.1 Å². The van der Waals surface area contributed by atoms with Crippen molar-refractivity contribution in [1.29, 1.82) is 0 Å². The first-order valence-corrected chi connectivity index (χ1v) is 10.3. The Morgan fingerprint density at radius 3 is 2.79 bits per heavy atom. The van der Waals surface area contributed by atoms with Gasteiger partial charge in [0.2, 0.25) is 0 Å². The summed E-state index contributed by atoms with van der Waals surface area (Å²) < 4.78 is 0. The fourth-order valence-corrected chi connectivity index (χ4v) is 5.64. The van der Waals surface area contributed by atoms with Gasteiger partial charge in [0.25, 0.3) is 5.91 Å². The molecule has 2 aromatic heterocycles. The Kier molecular flexibility index (Phi) is 3.39. The maximum absolute atomic E-state index is 13.4. The smallest absolute Gasteiger partial charge is 0.252 e. The van der Waals surface area contributed by atoms with Gasteiger partial charge in [-0.25, -0.2) is 4.98 Å². The topological polar surface area (TPSA) is 94.1 Å². The molecule has 7 nitrogen and oxygen atoms in total. The standard InChI is InChI=1S/C22H23N5O2/c1-12-19-15(21(29)24-18-11-27-9-8-22(27)7-6-16(18)22)10-17(23-20(19)26-25-12)13-2-4-14(28)5-3-13/h2-5,10,16,18,28H,6-9,11H2,1H3,(H,24,29)(H,23,25,26)/t16-,18-,22?/m0/s1. The number of benzene rings is 1. The minimum Gasteiger partial charge on any atom is -0.508 e. The molecule has 1 saturated carbocycles. The van der Waals surface area contributed by atoms with Crippen LogP contribution in [0.25, 0.3) is 22.3 Å². The number of carbonyl (C=O) groups is 1. The van der Waals surface area contributed by atoms with Crippen molar-refractivity contribution < 1.29 is 9.90 Å². The van der Waals surface area contributed by atoms with Crippen LogP contribution in [0.15, 0.2) is 30.3 Å². The molecule has 3 fully saturated rings. The zero-order chi connectivity index (χ0) is 19.8. The number of phenolic OH excluding ortho intramolecular Hbond substituents is 1. The number of phenols is 1.